The summed E-state index contributed by atoms with van der Waals surface area (Å²) in [5, 5.41) is 6.23. The number of amides is 1. The normalized spacial score (nSPS) is 24.7. The van der Waals surface area contributed by atoms with Gasteiger partial charge in [-0.15, -0.1) is 0 Å². The molecule has 11 heteroatoms. The summed E-state index contributed by atoms with van der Waals surface area (Å²) in [6.45, 7) is 2.63. The lowest BCUT2D eigenvalue weighted by molar-refractivity contribution is -0.141. The van der Waals surface area contributed by atoms with Crippen LogP contribution in [0.25, 0.3) is 0 Å². The van der Waals surface area contributed by atoms with Crippen molar-refractivity contribution in [3.63, 3.8) is 0 Å². The Morgan fingerprint density at radius 2 is 2.06 bits per heavy atom. The monoisotopic (exact) mass is 434 g/mol. The molecule has 31 heavy (non-hydrogen) atoms. The first-order valence-electron chi connectivity index (χ1n) is 10.2. The lowest BCUT2D eigenvalue weighted by Crippen LogP contribution is -2.45. The van der Waals surface area contributed by atoms with Crippen LogP contribution in [0.5, 0.6) is 5.75 Å². The highest BCUT2D eigenvalue weighted by molar-refractivity contribution is 6.03. The zero-order chi connectivity index (χ0) is 21.8. The summed E-state index contributed by atoms with van der Waals surface area (Å²) in [5.41, 5.74) is 0.428. The standard InChI is InChI=1S/C20H21F3N6O2/c1-10-16-17(29-6-2-3-14(29)18(30)27-16)28-19(25-10)26-11-7-13(8-11)31-12-4-5-15(24-9-12)20(21,22)23/h4-5,9,11,13-14H,2-3,6-8H2,1H3,(H,27,30)(H,25,26,28)/t11-,13-,14-/m0/s1. The lowest BCUT2D eigenvalue weighted by Gasteiger charge is -2.36. The Labute approximate surface area is 176 Å². The van der Waals surface area contributed by atoms with Crippen LogP contribution in [0.15, 0.2) is 18.3 Å². The third-order valence-corrected chi connectivity index (χ3v) is 5.90. The average Bonchev–Trinajstić information content (AvgIpc) is 3.18. The molecule has 1 amide bonds. The molecule has 2 fully saturated rings. The van der Waals surface area contributed by atoms with Crippen LogP contribution in [0.4, 0.5) is 30.6 Å². The molecule has 2 aromatic heterocycles. The summed E-state index contributed by atoms with van der Waals surface area (Å²) in [7, 11) is 0. The van der Waals surface area contributed by atoms with Crippen LogP contribution >= 0.6 is 0 Å². The van der Waals surface area contributed by atoms with Crippen molar-refractivity contribution >= 4 is 23.4 Å². The maximum atomic E-state index is 12.6. The van der Waals surface area contributed by atoms with Crippen molar-refractivity contribution in [3.05, 3.63) is 29.7 Å². The van der Waals surface area contributed by atoms with Gasteiger partial charge in [0.05, 0.1) is 11.9 Å². The summed E-state index contributed by atoms with van der Waals surface area (Å²) in [6, 6.07) is 2.12. The molecule has 1 saturated carbocycles. The van der Waals surface area contributed by atoms with Crippen molar-refractivity contribution in [1.29, 1.82) is 0 Å². The minimum atomic E-state index is -4.46. The summed E-state index contributed by atoms with van der Waals surface area (Å²) in [6.07, 6.45) is -0.374. The van der Waals surface area contributed by atoms with Crippen molar-refractivity contribution in [2.75, 3.05) is 22.1 Å². The third kappa shape index (κ3) is 3.72. The van der Waals surface area contributed by atoms with Gasteiger partial charge < -0.3 is 20.3 Å². The predicted octanol–water partition coefficient (Wildman–Crippen LogP) is 3.14. The molecule has 8 nitrogen and oxygen atoms in total. The van der Waals surface area contributed by atoms with Crippen molar-refractivity contribution in [2.45, 2.75) is 57.0 Å². The van der Waals surface area contributed by atoms with E-state index in [1.165, 1.54) is 6.07 Å². The maximum Gasteiger partial charge on any atom is 0.433 e. The zero-order valence-electron chi connectivity index (χ0n) is 16.7. The summed E-state index contributed by atoms with van der Waals surface area (Å²) < 4.78 is 43.5. The number of carbonyl (C=O) groups excluding carboxylic acids is 1. The largest absolute Gasteiger partial charge is 0.489 e. The number of alkyl halides is 3. The SMILES string of the molecule is Cc1nc(N[C@H]2C[C@H](Oc3ccc(C(F)(F)F)nc3)C2)nc2c1NC(=O)[C@@H]1CCCN21. The highest BCUT2D eigenvalue weighted by Gasteiger charge is 2.39. The first-order valence-corrected chi connectivity index (χ1v) is 10.2. The van der Waals surface area contributed by atoms with Crippen molar-refractivity contribution < 1.29 is 22.7 Å². The van der Waals surface area contributed by atoms with Crippen LogP contribution in [-0.4, -0.2) is 45.6 Å². The second kappa shape index (κ2) is 7.24. The molecular formula is C20H21F3N6O2. The minimum absolute atomic E-state index is 0.00542. The summed E-state index contributed by atoms with van der Waals surface area (Å²) in [5.74, 6) is 1.56. The van der Waals surface area contributed by atoms with Gasteiger partial charge in [0.15, 0.2) is 5.82 Å². The highest BCUT2D eigenvalue weighted by atomic mass is 19.4. The van der Waals surface area contributed by atoms with Gasteiger partial charge >= 0.3 is 6.18 Å². The molecule has 164 valence electrons. The van der Waals surface area contributed by atoms with E-state index in [0.29, 0.717) is 35.9 Å². The molecule has 1 aliphatic carbocycles. The molecule has 1 atom stereocenters. The van der Waals surface area contributed by atoms with Crippen molar-refractivity contribution in [1.82, 2.24) is 15.0 Å². The Balaban J connectivity index is 1.21. The fourth-order valence-corrected chi connectivity index (χ4v) is 4.25. The smallest absolute Gasteiger partial charge is 0.433 e. The van der Waals surface area contributed by atoms with Crippen LogP contribution in [-0.2, 0) is 11.0 Å². The van der Waals surface area contributed by atoms with E-state index in [-0.39, 0.29) is 24.1 Å². The number of nitrogens with zero attached hydrogens (tertiary/aromatic N) is 4. The van der Waals surface area contributed by atoms with Crippen LogP contribution < -0.4 is 20.3 Å². The average molecular weight is 434 g/mol. The van der Waals surface area contributed by atoms with E-state index >= 15 is 0 Å². The fourth-order valence-electron chi connectivity index (χ4n) is 4.25. The number of ether oxygens (including phenoxy) is 1. The van der Waals surface area contributed by atoms with Gasteiger partial charge in [-0.25, -0.2) is 9.97 Å². The fraction of sp³-hybridized carbons (Fsp3) is 0.500. The van der Waals surface area contributed by atoms with Gasteiger partial charge in [0.1, 0.15) is 29.3 Å². The maximum absolute atomic E-state index is 12.6. The Morgan fingerprint density at radius 1 is 1.26 bits per heavy atom. The number of aryl methyl sites for hydroxylation is 1. The van der Waals surface area contributed by atoms with Gasteiger partial charge in [0, 0.05) is 25.4 Å². The van der Waals surface area contributed by atoms with Crippen LogP contribution in [0.1, 0.15) is 37.1 Å². The van der Waals surface area contributed by atoms with Crippen LogP contribution in [0.3, 0.4) is 0 Å². The number of carbonyl (C=O) groups is 1. The van der Waals surface area contributed by atoms with Gasteiger partial charge in [-0.2, -0.15) is 18.2 Å². The topological polar surface area (TPSA) is 92.3 Å². The number of rotatable bonds is 4. The summed E-state index contributed by atoms with van der Waals surface area (Å²) in [4.78, 5) is 26.8. The lowest BCUT2D eigenvalue weighted by atomic mass is 9.89. The number of anilines is 3. The van der Waals surface area contributed by atoms with E-state index in [1.54, 1.807) is 0 Å². The van der Waals surface area contributed by atoms with Crippen molar-refractivity contribution in [3.8, 4) is 5.75 Å². The highest BCUT2D eigenvalue weighted by Crippen LogP contribution is 2.38. The van der Waals surface area contributed by atoms with Crippen LogP contribution in [0, 0.1) is 6.92 Å². The molecule has 2 aliphatic heterocycles. The Hall–Kier alpha value is -3.11. The van der Waals surface area contributed by atoms with E-state index in [2.05, 4.69) is 25.6 Å². The van der Waals surface area contributed by atoms with Gasteiger partial charge in [0.25, 0.3) is 0 Å². The molecule has 5 rings (SSSR count). The molecule has 3 aliphatic rings. The number of pyridine rings is 1. The summed E-state index contributed by atoms with van der Waals surface area (Å²) >= 11 is 0. The number of fused-ring (bicyclic) bond motifs is 3. The van der Waals surface area contributed by atoms with E-state index < -0.39 is 11.9 Å². The predicted molar refractivity (Wildman–Crippen MR) is 106 cm³/mol. The zero-order valence-corrected chi connectivity index (χ0v) is 16.7. The molecule has 0 aromatic carbocycles. The molecule has 2 aromatic rings. The second-order valence-electron chi connectivity index (χ2n) is 8.10. The molecular weight excluding hydrogens is 413 g/mol. The molecule has 2 N–H and O–H groups in total. The van der Waals surface area contributed by atoms with E-state index in [0.717, 1.165) is 37.5 Å². The molecule has 4 heterocycles. The second-order valence-corrected chi connectivity index (χ2v) is 8.10. The molecule has 0 spiro atoms. The van der Waals surface area contributed by atoms with Gasteiger partial charge in [0.2, 0.25) is 11.9 Å². The quantitative estimate of drug-likeness (QED) is 0.764. The number of hydrogen-bond donors (Lipinski definition) is 2. The number of hydrogen-bond acceptors (Lipinski definition) is 7. The number of halogens is 3. The number of aromatic nitrogens is 3. The molecule has 0 bridgehead atoms. The Bertz CT molecular complexity index is 1010. The van der Waals surface area contributed by atoms with Crippen LogP contribution in [0.2, 0.25) is 0 Å². The van der Waals surface area contributed by atoms with E-state index in [9.17, 15) is 18.0 Å². The van der Waals surface area contributed by atoms with Gasteiger partial charge in [-0.05, 0) is 31.9 Å². The van der Waals surface area contributed by atoms with Gasteiger partial charge in [-0.1, -0.05) is 0 Å². The number of nitrogens with one attached hydrogen (secondary N) is 2. The van der Waals surface area contributed by atoms with Gasteiger partial charge in [-0.3, -0.25) is 4.79 Å². The molecule has 1 saturated heterocycles. The first-order chi connectivity index (χ1) is 14.8. The Kier molecular flexibility index (Phi) is 4.63. The van der Waals surface area contributed by atoms with E-state index in [1.807, 2.05) is 11.8 Å². The van der Waals surface area contributed by atoms with E-state index in [4.69, 9.17) is 4.74 Å². The Morgan fingerprint density at radius 3 is 2.77 bits per heavy atom. The molecule has 0 unspecified atom stereocenters. The first kappa shape index (κ1) is 19.8. The molecule has 0 radical (unpaired) electrons. The minimum Gasteiger partial charge on any atom is -0.489 e. The van der Waals surface area contributed by atoms with Crippen molar-refractivity contribution in [2.24, 2.45) is 0 Å². The third-order valence-electron chi connectivity index (χ3n) is 5.90.